The molecule has 2 aliphatic heterocycles. The summed E-state index contributed by atoms with van der Waals surface area (Å²) in [6.45, 7) is 0.395. The van der Waals surface area contributed by atoms with Gasteiger partial charge in [0.15, 0.2) is 14.8 Å². The van der Waals surface area contributed by atoms with Gasteiger partial charge in [0.05, 0.1) is 11.1 Å². The van der Waals surface area contributed by atoms with Crippen molar-refractivity contribution in [3.05, 3.63) is 0 Å². The van der Waals surface area contributed by atoms with Crippen molar-refractivity contribution in [2.24, 2.45) is 0 Å². The van der Waals surface area contributed by atoms with E-state index in [4.69, 9.17) is 5.11 Å². The van der Waals surface area contributed by atoms with Crippen LogP contribution in [0.25, 0.3) is 0 Å². The smallest absolute Gasteiger partial charge is 0.326 e. The number of Topliss-reactive ketones (excluding diaryl/α,β-unsaturated/α-hetero) is 1. The zero-order chi connectivity index (χ0) is 34.3. The summed E-state index contributed by atoms with van der Waals surface area (Å²) >= 11 is 0. The van der Waals surface area contributed by atoms with Crippen LogP contribution in [0.1, 0.15) is 122 Å². The van der Waals surface area contributed by atoms with Crippen LogP contribution in [0.5, 0.6) is 0 Å². The number of carboxylic acid groups (broad SMARTS) is 2. The fourth-order valence-corrected chi connectivity index (χ4v) is 14.3. The number of rotatable bonds is 25. The maximum atomic E-state index is 12.8. The van der Waals surface area contributed by atoms with Gasteiger partial charge in [0, 0.05) is 25.8 Å². The van der Waals surface area contributed by atoms with E-state index in [9.17, 15) is 34.2 Å². The third kappa shape index (κ3) is 20.7. The van der Waals surface area contributed by atoms with Gasteiger partial charge in [-0.1, -0.05) is 96.6 Å². The summed E-state index contributed by atoms with van der Waals surface area (Å²) in [5.74, 6) is -2.70. The predicted octanol–water partition coefficient (Wildman–Crippen LogP) is 6.75. The van der Waals surface area contributed by atoms with E-state index in [-0.39, 0.29) is 46.8 Å². The average molecular weight is 774 g/mol. The lowest BCUT2D eigenvalue weighted by atomic mass is 10.0. The largest absolute Gasteiger partial charge is 0.481 e. The van der Waals surface area contributed by atoms with Crippen LogP contribution in [-0.4, -0.2) is 77.5 Å². The first-order valence-corrected chi connectivity index (χ1v) is 23.4. The van der Waals surface area contributed by atoms with Gasteiger partial charge in [-0.05, 0) is 70.9 Å². The van der Waals surface area contributed by atoms with Crippen LogP contribution < -0.4 is 16.0 Å². The van der Waals surface area contributed by atoms with E-state index >= 15 is 0 Å². The number of aliphatic hydroxyl groups excluding tert-OH is 1. The molecular formula is C30H51N3O8S6. The Bertz CT molecular complexity index is 978. The SMILES string of the molecule is O=C(O)CCCCCCCCCCCCCCC(=O)N[C@@H](CCC(=O)NCCCC[C@@H]1NC2(SSCSSC(O)C1=O)SS2)C(=O)O. The normalized spacial score (nSPS) is 20.0. The molecule has 2 rings (SSSR count). The maximum absolute atomic E-state index is 12.8. The summed E-state index contributed by atoms with van der Waals surface area (Å²) in [6, 6.07) is -1.59. The second kappa shape index (κ2) is 25.5. The van der Waals surface area contributed by atoms with Crippen LogP contribution in [0, 0.1) is 0 Å². The standard InChI is InChI=1S/C30H51N3O8S6/c34-24(31-20-14-13-15-22-27(38)29(41)44-42-21-43-45-30(33-22)46-47-30)19-18-23(28(39)40)32-25(35)16-11-9-7-5-3-1-2-4-6-8-10-12-17-26(36)37/h22-23,29,33,41H,1-21H2,(H,31,34)(H,32,35)(H,36,37)(H,39,40)/t22-,23-,29?/m0/s1. The molecule has 0 aromatic heterocycles. The van der Waals surface area contributed by atoms with Crippen LogP contribution in [0.4, 0.5) is 0 Å². The van der Waals surface area contributed by atoms with Gasteiger partial charge < -0.3 is 26.0 Å². The highest BCUT2D eigenvalue weighted by Crippen LogP contribution is 2.72. The average Bonchev–Trinajstić information content (AvgIpc) is 3.80. The highest BCUT2D eigenvalue weighted by atomic mass is 33.2. The molecule has 6 N–H and O–H groups in total. The number of aliphatic hydroxyl groups is 1. The minimum atomic E-state index is -1.16. The molecule has 0 saturated carbocycles. The Morgan fingerprint density at radius 1 is 0.766 bits per heavy atom. The Morgan fingerprint density at radius 3 is 1.94 bits per heavy atom. The van der Waals surface area contributed by atoms with Crippen LogP contribution in [0.2, 0.25) is 0 Å². The molecule has 0 aliphatic carbocycles. The molecule has 0 bridgehead atoms. The van der Waals surface area contributed by atoms with Crippen LogP contribution >= 0.6 is 64.8 Å². The van der Waals surface area contributed by atoms with Gasteiger partial charge in [0.25, 0.3) is 0 Å². The lowest BCUT2D eigenvalue weighted by Crippen LogP contribution is -2.45. The second-order valence-electron chi connectivity index (χ2n) is 11.7. The quantitative estimate of drug-likeness (QED) is 0.0325. The second-order valence-corrected chi connectivity index (χ2v) is 20.3. The van der Waals surface area contributed by atoms with Gasteiger partial charge in [0.2, 0.25) is 11.8 Å². The molecule has 2 amide bonds. The number of nitrogens with one attached hydrogen (secondary N) is 3. The fraction of sp³-hybridized carbons (Fsp3) is 0.833. The summed E-state index contributed by atoms with van der Waals surface area (Å²) in [7, 11) is 9.39. The van der Waals surface area contributed by atoms with E-state index in [1.807, 2.05) is 0 Å². The molecule has 2 saturated heterocycles. The molecule has 1 spiro atoms. The molecule has 2 fully saturated rings. The first-order chi connectivity index (χ1) is 22.6. The van der Waals surface area contributed by atoms with Crippen molar-refractivity contribution in [3.63, 3.8) is 0 Å². The van der Waals surface area contributed by atoms with Gasteiger partial charge in [-0.2, -0.15) is 0 Å². The number of amides is 2. The molecule has 270 valence electrons. The molecule has 2 aliphatic rings. The van der Waals surface area contributed by atoms with E-state index < -0.39 is 29.5 Å². The van der Waals surface area contributed by atoms with E-state index in [2.05, 4.69) is 16.0 Å². The third-order valence-electron chi connectivity index (χ3n) is 7.68. The van der Waals surface area contributed by atoms with Crippen LogP contribution in [-0.2, 0) is 24.0 Å². The Hall–Kier alpha value is -0.430. The van der Waals surface area contributed by atoms with Crippen molar-refractivity contribution in [2.45, 2.75) is 143 Å². The number of unbranched alkanes of at least 4 members (excludes halogenated alkanes) is 12. The summed E-state index contributed by atoms with van der Waals surface area (Å²) in [5, 5.41) is 38.0. The zero-order valence-corrected chi connectivity index (χ0v) is 31.8. The number of carbonyl (C=O) groups excluding carboxylic acids is 3. The molecule has 3 atom stereocenters. The van der Waals surface area contributed by atoms with Crippen LogP contribution in [0.3, 0.4) is 0 Å². The van der Waals surface area contributed by atoms with E-state index in [0.717, 1.165) is 56.5 Å². The fourth-order valence-electron chi connectivity index (χ4n) is 4.99. The Balaban J connectivity index is 1.49. The first-order valence-electron chi connectivity index (χ1n) is 16.6. The molecule has 2 heterocycles. The van der Waals surface area contributed by atoms with Crippen LogP contribution in [0.15, 0.2) is 0 Å². The van der Waals surface area contributed by atoms with Gasteiger partial charge in [-0.15, -0.1) is 0 Å². The minimum absolute atomic E-state index is 0.0103. The Kier molecular flexibility index (Phi) is 23.2. The minimum Gasteiger partial charge on any atom is -0.481 e. The summed E-state index contributed by atoms with van der Waals surface area (Å²) in [6.07, 6.45) is 14.9. The number of aliphatic carboxylic acids is 2. The van der Waals surface area contributed by atoms with E-state index in [1.165, 1.54) is 40.9 Å². The van der Waals surface area contributed by atoms with Gasteiger partial charge in [-0.3, -0.25) is 24.5 Å². The van der Waals surface area contributed by atoms with Gasteiger partial charge >= 0.3 is 11.9 Å². The molecule has 17 heteroatoms. The summed E-state index contributed by atoms with van der Waals surface area (Å²) in [4.78, 5) is 59.6. The van der Waals surface area contributed by atoms with Crippen molar-refractivity contribution >= 4 is 94.3 Å². The Morgan fingerprint density at radius 2 is 1.36 bits per heavy atom. The van der Waals surface area contributed by atoms with Gasteiger partial charge in [0.1, 0.15) is 6.04 Å². The number of carbonyl (C=O) groups is 5. The monoisotopic (exact) mass is 773 g/mol. The van der Waals surface area contributed by atoms with Gasteiger partial charge in [-0.25, -0.2) is 4.79 Å². The molecule has 47 heavy (non-hydrogen) atoms. The van der Waals surface area contributed by atoms with Crippen molar-refractivity contribution in [3.8, 4) is 0 Å². The van der Waals surface area contributed by atoms with Crippen molar-refractivity contribution in [1.29, 1.82) is 0 Å². The number of ketones is 1. The lowest BCUT2D eigenvalue weighted by Gasteiger charge is -2.25. The van der Waals surface area contributed by atoms with E-state index in [0.29, 0.717) is 32.2 Å². The van der Waals surface area contributed by atoms with Crippen molar-refractivity contribution < 1.29 is 39.3 Å². The highest BCUT2D eigenvalue weighted by molar-refractivity contribution is 9.03. The molecule has 0 aromatic carbocycles. The molecule has 11 nitrogen and oxygen atoms in total. The molecule has 0 radical (unpaired) electrons. The molecule has 1 unspecified atom stereocenters. The number of hydrogen-bond donors (Lipinski definition) is 6. The lowest BCUT2D eigenvalue weighted by molar-refractivity contribution is -0.142. The first kappa shape index (κ1) is 42.7. The third-order valence-corrected chi connectivity index (χ3v) is 17.7. The maximum Gasteiger partial charge on any atom is 0.326 e. The molecular weight excluding hydrogens is 723 g/mol. The number of hydrogen-bond acceptors (Lipinski definition) is 13. The van der Waals surface area contributed by atoms with Crippen molar-refractivity contribution in [1.82, 2.24) is 16.0 Å². The Labute approximate surface area is 302 Å². The number of carboxylic acids is 2. The zero-order valence-electron chi connectivity index (χ0n) is 26.9. The van der Waals surface area contributed by atoms with E-state index in [1.54, 1.807) is 43.2 Å². The summed E-state index contributed by atoms with van der Waals surface area (Å²) in [5.41, 5.74) is -1.08. The highest BCUT2D eigenvalue weighted by Gasteiger charge is 2.50. The summed E-state index contributed by atoms with van der Waals surface area (Å²) < 4.78 is -0.257. The topological polar surface area (TPSA) is 182 Å². The predicted molar refractivity (Wildman–Crippen MR) is 199 cm³/mol. The van der Waals surface area contributed by atoms with Crippen molar-refractivity contribution in [2.75, 3.05) is 11.6 Å². The molecule has 0 aromatic rings.